The Balaban J connectivity index is 2.05. The van der Waals surface area contributed by atoms with Gasteiger partial charge in [-0.15, -0.1) is 0 Å². The van der Waals surface area contributed by atoms with Crippen molar-refractivity contribution in [2.75, 3.05) is 0 Å². The summed E-state index contributed by atoms with van der Waals surface area (Å²) in [5.74, 6) is 0. The van der Waals surface area contributed by atoms with E-state index in [2.05, 4.69) is 47.7 Å². The Labute approximate surface area is 156 Å². The fourth-order valence-corrected chi connectivity index (χ4v) is 3.59. The standard InChI is InChI=1S/C19H18Cl2N2S/c1-13(2)24-19-22-11-18(15-8-9-16(20)17(21)10-15)23(19)12-14-6-4-3-5-7-14/h3-11,13H,12H2,1-2H3. The van der Waals surface area contributed by atoms with Crippen molar-refractivity contribution in [3.8, 4) is 11.3 Å². The number of rotatable bonds is 5. The molecular weight excluding hydrogens is 359 g/mol. The third-order valence-electron chi connectivity index (χ3n) is 3.56. The van der Waals surface area contributed by atoms with Gasteiger partial charge in [0.15, 0.2) is 5.16 Å². The summed E-state index contributed by atoms with van der Waals surface area (Å²) in [5, 5.41) is 2.59. The molecule has 0 saturated heterocycles. The van der Waals surface area contributed by atoms with E-state index in [-0.39, 0.29) is 0 Å². The van der Waals surface area contributed by atoms with Crippen LogP contribution in [0.2, 0.25) is 10.0 Å². The minimum atomic E-state index is 0.462. The van der Waals surface area contributed by atoms with Crippen molar-refractivity contribution in [2.24, 2.45) is 0 Å². The topological polar surface area (TPSA) is 17.8 Å². The van der Waals surface area contributed by atoms with Gasteiger partial charge in [-0.3, -0.25) is 0 Å². The van der Waals surface area contributed by atoms with E-state index in [4.69, 9.17) is 23.2 Å². The summed E-state index contributed by atoms with van der Waals surface area (Å²) in [6.45, 7) is 5.11. The van der Waals surface area contributed by atoms with Gasteiger partial charge in [0.25, 0.3) is 0 Å². The molecule has 5 heteroatoms. The van der Waals surface area contributed by atoms with E-state index in [1.807, 2.05) is 30.5 Å². The van der Waals surface area contributed by atoms with Crippen LogP contribution in [-0.4, -0.2) is 14.8 Å². The molecule has 0 aliphatic rings. The minimum absolute atomic E-state index is 0.462. The first-order chi connectivity index (χ1) is 11.5. The van der Waals surface area contributed by atoms with Crippen molar-refractivity contribution < 1.29 is 0 Å². The summed E-state index contributed by atoms with van der Waals surface area (Å²) in [5.41, 5.74) is 3.30. The van der Waals surface area contributed by atoms with Gasteiger partial charge in [0.2, 0.25) is 0 Å². The van der Waals surface area contributed by atoms with Crippen molar-refractivity contribution in [2.45, 2.75) is 30.8 Å². The summed E-state index contributed by atoms with van der Waals surface area (Å²) in [6.07, 6.45) is 1.91. The maximum atomic E-state index is 6.20. The zero-order valence-electron chi connectivity index (χ0n) is 13.5. The van der Waals surface area contributed by atoms with E-state index in [0.29, 0.717) is 15.3 Å². The largest absolute Gasteiger partial charge is 0.314 e. The monoisotopic (exact) mass is 376 g/mol. The zero-order chi connectivity index (χ0) is 17.1. The first kappa shape index (κ1) is 17.4. The number of imidazole rings is 1. The molecule has 0 saturated carbocycles. The van der Waals surface area contributed by atoms with E-state index in [0.717, 1.165) is 23.0 Å². The van der Waals surface area contributed by atoms with E-state index >= 15 is 0 Å². The van der Waals surface area contributed by atoms with Gasteiger partial charge in [-0.25, -0.2) is 4.98 Å². The lowest BCUT2D eigenvalue weighted by atomic mass is 10.1. The highest BCUT2D eigenvalue weighted by Gasteiger charge is 2.15. The van der Waals surface area contributed by atoms with Crippen LogP contribution < -0.4 is 0 Å². The highest BCUT2D eigenvalue weighted by atomic mass is 35.5. The summed E-state index contributed by atoms with van der Waals surface area (Å²) < 4.78 is 2.24. The molecule has 3 rings (SSSR count). The number of thioether (sulfide) groups is 1. The smallest absolute Gasteiger partial charge is 0.169 e. The second-order valence-corrected chi connectivity index (χ2v) is 8.15. The lowest BCUT2D eigenvalue weighted by Crippen LogP contribution is -2.05. The fraction of sp³-hybridized carbons (Fsp3) is 0.211. The summed E-state index contributed by atoms with van der Waals surface area (Å²) in [6, 6.07) is 16.1. The molecule has 0 radical (unpaired) electrons. The van der Waals surface area contributed by atoms with Crippen LogP contribution in [0.25, 0.3) is 11.3 Å². The first-order valence-electron chi connectivity index (χ1n) is 7.76. The Morgan fingerprint density at radius 3 is 2.46 bits per heavy atom. The Morgan fingerprint density at radius 1 is 1.04 bits per heavy atom. The molecule has 1 heterocycles. The molecule has 0 atom stereocenters. The highest BCUT2D eigenvalue weighted by Crippen LogP contribution is 2.32. The zero-order valence-corrected chi connectivity index (χ0v) is 15.9. The minimum Gasteiger partial charge on any atom is -0.314 e. The maximum absolute atomic E-state index is 6.20. The lowest BCUT2D eigenvalue weighted by molar-refractivity contribution is 0.713. The highest BCUT2D eigenvalue weighted by molar-refractivity contribution is 7.99. The molecular formula is C19H18Cl2N2S. The van der Waals surface area contributed by atoms with E-state index in [1.165, 1.54) is 5.56 Å². The molecule has 0 aliphatic heterocycles. The van der Waals surface area contributed by atoms with Crippen LogP contribution in [0, 0.1) is 0 Å². The summed E-state index contributed by atoms with van der Waals surface area (Å²) in [7, 11) is 0. The number of aromatic nitrogens is 2. The second-order valence-electron chi connectivity index (χ2n) is 5.79. The number of nitrogens with zero attached hydrogens (tertiary/aromatic N) is 2. The summed E-state index contributed by atoms with van der Waals surface area (Å²) in [4.78, 5) is 4.63. The molecule has 0 unspecified atom stereocenters. The Bertz CT molecular complexity index is 829. The molecule has 0 spiro atoms. The lowest BCUT2D eigenvalue weighted by Gasteiger charge is -2.13. The molecule has 0 bridgehead atoms. The molecule has 124 valence electrons. The Hall–Kier alpha value is -1.42. The van der Waals surface area contributed by atoms with Crippen molar-refractivity contribution in [3.05, 3.63) is 70.3 Å². The van der Waals surface area contributed by atoms with Crippen molar-refractivity contribution >= 4 is 35.0 Å². The van der Waals surface area contributed by atoms with Gasteiger partial charge in [0.05, 0.1) is 28.5 Å². The van der Waals surface area contributed by atoms with Crippen LogP contribution in [0.1, 0.15) is 19.4 Å². The quantitative estimate of drug-likeness (QED) is 0.479. The van der Waals surface area contributed by atoms with Crippen LogP contribution in [0.5, 0.6) is 0 Å². The van der Waals surface area contributed by atoms with Gasteiger partial charge in [0, 0.05) is 10.8 Å². The van der Waals surface area contributed by atoms with Crippen molar-refractivity contribution in [1.29, 1.82) is 0 Å². The third-order valence-corrected chi connectivity index (χ3v) is 5.31. The normalized spacial score (nSPS) is 11.2. The van der Waals surface area contributed by atoms with Gasteiger partial charge in [-0.2, -0.15) is 0 Å². The van der Waals surface area contributed by atoms with E-state index in [9.17, 15) is 0 Å². The maximum Gasteiger partial charge on any atom is 0.169 e. The Morgan fingerprint density at radius 2 is 1.79 bits per heavy atom. The third kappa shape index (κ3) is 3.97. The molecule has 2 aromatic carbocycles. The van der Waals surface area contributed by atoms with Crippen LogP contribution in [-0.2, 0) is 6.54 Å². The van der Waals surface area contributed by atoms with Gasteiger partial charge >= 0.3 is 0 Å². The molecule has 24 heavy (non-hydrogen) atoms. The van der Waals surface area contributed by atoms with E-state index in [1.54, 1.807) is 11.8 Å². The number of hydrogen-bond donors (Lipinski definition) is 0. The molecule has 0 fully saturated rings. The van der Waals surface area contributed by atoms with Crippen molar-refractivity contribution in [3.63, 3.8) is 0 Å². The number of hydrogen-bond acceptors (Lipinski definition) is 2. The molecule has 0 N–H and O–H groups in total. The molecule has 2 nitrogen and oxygen atoms in total. The van der Waals surface area contributed by atoms with Gasteiger partial charge in [-0.05, 0) is 17.7 Å². The van der Waals surface area contributed by atoms with Crippen LogP contribution in [0.15, 0.2) is 59.9 Å². The van der Waals surface area contributed by atoms with Gasteiger partial charge < -0.3 is 4.57 Å². The molecule has 0 amide bonds. The van der Waals surface area contributed by atoms with E-state index < -0.39 is 0 Å². The fourth-order valence-electron chi connectivity index (χ4n) is 2.47. The van der Waals surface area contributed by atoms with Crippen LogP contribution in [0.3, 0.4) is 0 Å². The first-order valence-corrected chi connectivity index (χ1v) is 9.39. The second kappa shape index (κ2) is 7.64. The Kier molecular flexibility index (Phi) is 5.54. The van der Waals surface area contributed by atoms with Crippen molar-refractivity contribution in [1.82, 2.24) is 9.55 Å². The number of halogens is 2. The summed E-state index contributed by atoms with van der Waals surface area (Å²) >= 11 is 14.0. The van der Waals surface area contributed by atoms with Crippen LogP contribution >= 0.6 is 35.0 Å². The molecule has 3 aromatic rings. The molecule has 0 aliphatic carbocycles. The van der Waals surface area contributed by atoms with Gasteiger partial charge in [0.1, 0.15) is 0 Å². The predicted octanol–water partition coefficient (Wildman–Crippen LogP) is 6.41. The molecule has 1 aromatic heterocycles. The SMILES string of the molecule is CC(C)Sc1ncc(-c2ccc(Cl)c(Cl)c2)n1Cc1ccccc1. The van der Waals surface area contributed by atoms with Gasteiger partial charge in [-0.1, -0.05) is 85.2 Å². The number of benzene rings is 2. The average Bonchev–Trinajstić information content (AvgIpc) is 2.93. The average molecular weight is 377 g/mol. The van der Waals surface area contributed by atoms with Crippen LogP contribution in [0.4, 0.5) is 0 Å². The predicted molar refractivity (Wildman–Crippen MR) is 104 cm³/mol.